The average Bonchev–Trinajstić information content (AvgIpc) is 2.38. The van der Waals surface area contributed by atoms with Crippen LogP contribution in [-0.2, 0) is 5.41 Å². The molecule has 0 radical (unpaired) electrons. The third kappa shape index (κ3) is 3.81. The summed E-state index contributed by atoms with van der Waals surface area (Å²) in [6.07, 6.45) is 2.02. The highest BCUT2D eigenvalue weighted by Gasteiger charge is 2.19. The molecular formula is C18H24N2O. The van der Waals surface area contributed by atoms with Crippen molar-refractivity contribution in [2.45, 2.75) is 53.1 Å². The first-order chi connectivity index (χ1) is 9.77. The van der Waals surface area contributed by atoms with Gasteiger partial charge in [0.15, 0.2) is 0 Å². The predicted molar refractivity (Wildman–Crippen MR) is 86.7 cm³/mol. The van der Waals surface area contributed by atoms with Crippen molar-refractivity contribution in [3.8, 4) is 17.0 Å². The Bertz CT molecular complexity index is 610. The number of benzene rings is 1. The monoisotopic (exact) mass is 284 g/mol. The van der Waals surface area contributed by atoms with Crippen LogP contribution >= 0.6 is 0 Å². The second-order valence-corrected chi connectivity index (χ2v) is 6.63. The van der Waals surface area contributed by atoms with Crippen LogP contribution in [0.4, 0.5) is 0 Å². The number of rotatable bonds is 3. The van der Waals surface area contributed by atoms with Crippen LogP contribution in [0.2, 0.25) is 0 Å². The topological polar surface area (TPSA) is 35.0 Å². The Balaban J connectivity index is 2.34. The van der Waals surface area contributed by atoms with E-state index in [-0.39, 0.29) is 11.5 Å². The number of hydrogen-bond acceptors (Lipinski definition) is 3. The predicted octanol–water partition coefficient (Wildman–Crippen LogP) is 4.54. The molecule has 0 unspecified atom stereocenters. The summed E-state index contributed by atoms with van der Waals surface area (Å²) >= 11 is 0. The largest absolute Gasteiger partial charge is 0.491 e. The molecule has 3 heteroatoms. The molecule has 3 nitrogen and oxygen atoms in total. The number of ether oxygens (including phenoxy) is 1. The summed E-state index contributed by atoms with van der Waals surface area (Å²) in [6.45, 7) is 12.5. The van der Waals surface area contributed by atoms with Crippen molar-refractivity contribution in [1.29, 1.82) is 0 Å². The molecule has 0 fully saturated rings. The molecule has 0 atom stereocenters. The van der Waals surface area contributed by atoms with Crippen LogP contribution in [0, 0.1) is 6.92 Å². The summed E-state index contributed by atoms with van der Waals surface area (Å²) in [5.74, 6) is 0.880. The molecule has 0 aliphatic heterocycles. The average molecular weight is 284 g/mol. The van der Waals surface area contributed by atoms with Crippen LogP contribution in [0.3, 0.4) is 0 Å². The van der Waals surface area contributed by atoms with E-state index >= 15 is 0 Å². The van der Waals surface area contributed by atoms with Crippen LogP contribution in [-0.4, -0.2) is 16.1 Å². The minimum Gasteiger partial charge on any atom is -0.491 e. The maximum absolute atomic E-state index is 5.67. The van der Waals surface area contributed by atoms with E-state index in [0.717, 1.165) is 28.4 Å². The summed E-state index contributed by atoms with van der Waals surface area (Å²) in [5.41, 5.74) is 3.99. The quantitative estimate of drug-likeness (QED) is 0.830. The smallest absolute Gasteiger partial charge is 0.119 e. The standard InChI is InChI=1S/C18H24N2O/c1-12(2)21-15-9-7-14(8-10-15)16-11-19-13(3)17(20-16)18(4,5)6/h7-12H,1-6H3. The Morgan fingerprint density at radius 3 is 2.19 bits per heavy atom. The summed E-state index contributed by atoms with van der Waals surface area (Å²) in [5, 5.41) is 0. The van der Waals surface area contributed by atoms with Gasteiger partial charge in [-0.05, 0) is 45.0 Å². The Kier molecular flexibility index (Phi) is 4.31. The van der Waals surface area contributed by atoms with Crippen LogP contribution < -0.4 is 4.74 Å². The van der Waals surface area contributed by atoms with Crippen molar-refractivity contribution >= 4 is 0 Å². The van der Waals surface area contributed by atoms with Crippen molar-refractivity contribution in [1.82, 2.24) is 9.97 Å². The van der Waals surface area contributed by atoms with E-state index in [4.69, 9.17) is 9.72 Å². The second-order valence-electron chi connectivity index (χ2n) is 6.63. The Morgan fingerprint density at radius 2 is 1.67 bits per heavy atom. The fourth-order valence-corrected chi connectivity index (χ4v) is 2.28. The van der Waals surface area contributed by atoms with Crippen molar-refractivity contribution in [2.75, 3.05) is 0 Å². The van der Waals surface area contributed by atoms with Gasteiger partial charge < -0.3 is 4.74 Å². The van der Waals surface area contributed by atoms with E-state index in [1.54, 1.807) is 0 Å². The number of hydrogen-bond donors (Lipinski definition) is 0. The van der Waals surface area contributed by atoms with E-state index in [1.807, 2.05) is 51.2 Å². The van der Waals surface area contributed by atoms with Crippen molar-refractivity contribution in [3.63, 3.8) is 0 Å². The molecule has 2 aromatic rings. The van der Waals surface area contributed by atoms with Crippen LogP contribution in [0.25, 0.3) is 11.3 Å². The lowest BCUT2D eigenvalue weighted by molar-refractivity contribution is 0.242. The number of aromatic nitrogens is 2. The van der Waals surface area contributed by atoms with E-state index in [0.29, 0.717) is 0 Å². The molecule has 0 spiro atoms. The summed E-state index contributed by atoms with van der Waals surface area (Å²) in [4.78, 5) is 9.30. The lowest BCUT2D eigenvalue weighted by Crippen LogP contribution is -2.16. The maximum Gasteiger partial charge on any atom is 0.119 e. The highest BCUT2D eigenvalue weighted by atomic mass is 16.5. The zero-order valence-electron chi connectivity index (χ0n) is 13.8. The lowest BCUT2D eigenvalue weighted by atomic mass is 9.90. The molecule has 0 saturated heterocycles. The Labute approximate surface area is 127 Å². The molecule has 112 valence electrons. The van der Waals surface area contributed by atoms with Crippen molar-refractivity contribution in [2.24, 2.45) is 0 Å². The van der Waals surface area contributed by atoms with Gasteiger partial charge in [0.05, 0.1) is 29.4 Å². The third-order valence-electron chi connectivity index (χ3n) is 3.19. The number of nitrogens with zero attached hydrogens (tertiary/aromatic N) is 2. The first kappa shape index (κ1) is 15.5. The van der Waals surface area contributed by atoms with E-state index in [2.05, 4.69) is 25.8 Å². The SMILES string of the molecule is Cc1ncc(-c2ccc(OC(C)C)cc2)nc1C(C)(C)C. The molecule has 0 aliphatic rings. The lowest BCUT2D eigenvalue weighted by Gasteiger charge is -2.20. The fourth-order valence-electron chi connectivity index (χ4n) is 2.28. The molecule has 1 aromatic heterocycles. The molecule has 0 amide bonds. The molecule has 0 bridgehead atoms. The van der Waals surface area contributed by atoms with Gasteiger partial charge in [-0.3, -0.25) is 4.98 Å². The molecule has 0 saturated carbocycles. The highest BCUT2D eigenvalue weighted by molar-refractivity contribution is 5.59. The molecular weight excluding hydrogens is 260 g/mol. The first-order valence-corrected chi connectivity index (χ1v) is 7.38. The summed E-state index contributed by atoms with van der Waals surface area (Å²) in [7, 11) is 0. The van der Waals surface area contributed by atoms with Gasteiger partial charge in [0, 0.05) is 11.0 Å². The van der Waals surface area contributed by atoms with Crippen LogP contribution in [0.15, 0.2) is 30.5 Å². The Hall–Kier alpha value is -1.90. The zero-order chi connectivity index (χ0) is 15.6. The normalized spacial score (nSPS) is 11.8. The van der Waals surface area contributed by atoms with Gasteiger partial charge >= 0.3 is 0 Å². The van der Waals surface area contributed by atoms with Crippen molar-refractivity contribution < 1.29 is 4.74 Å². The van der Waals surface area contributed by atoms with E-state index in [1.165, 1.54) is 0 Å². The van der Waals surface area contributed by atoms with E-state index < -0.39 is 0 Å². The third-order valence-corrected chi connectivity index (χ3v) is 3.19. The second kappa shape index (κ2) is 5.84. The van der Waals surface area contributed by atoms with Gasteiger partial charge in [-0.25, -0.2) is 4.98 Å². The van der Waals surface area contributed by atoms with E-state index in [9.17, 15) is 0 Å². The zero-order valence-corrected chi connectivity index (χ0v) is 13.8. The van der Waals surface area contributed by atoms with Gasteiger partial charge in [-0.2, -0.15) is 0 Å². The maximum atomic E-state index is 5.67. The number of aryl methyl sites for hydroxylation is 1. The molecule has 2 rings (SSSR count). The Morgan fingerprint density at radius 1 is 1.05 bits per heavy atom. The molecule has 0 N–H and O–H groups in total. The first-order valence-electron chi connectivity index (χ1n) is 7.38. The highest BCUT2D eigenvalue weighted by Crippen LogP contribution is 2.26. The van der Waals surface area contributed by atoms with Gasteiger partial charge in [-0.1, -0.05) is 20.8 Å². The van der Waals surface area contributed by atoms with Crippen LogP contribution in [0.1, 0.15) is 46.0 Å². The van der Waals surface area contributed by atoms with Crippen molar-refractivity contribution in [3.05, 3.63) is 41.9 Å². The van der Waals surface area contributed by atoms with Gasteiger partial charge in [0.2, 0.25) is 0 Å². The van der Waals surface area contributed by atoms with Gasteiger partial charge in [0.25, 0.3) is 0 Å². The minimum absolute atomic E-state index is 0.00616. The fraction of sp³-hybridized carbons (Fsp3) is 0.444. The van der Waals surface area contributed by atoms with Gasteiger partial charge in [0.1, 0.15) is 5.75 Å². The molecule has 21 heavy (non-hydrogen) atoms. The minimum atomic E-state index is -0.00616. The molecule has 1 heterocycles. The summed E-state index contributed by atoms with van der Waals surface area (Å²) < 4.78 is 5.67. The van der Waals surface area contributed by atoms with Crippen LogP contribution in [0.5, 0.6) is 5.75 Å². The van der Waals surface area contributed by atoms with Gasteiger partial charge in [-0.15, -0.1) is 0 Å². The summed E-state index contributed by atoms with van der Waals surface area (Å²) in [6, 6.07) is 8.02. The molecule has 0 aliphatic carbocycles. The molecule has 1 aromatic carbocycles.